The summed E-state index contributed by atoms with van der Waals surface area (Å²) < 4.78 is 1.29. The van der Waals surface area contributed by atoms with Gasteiger partial charge in [-0.15, -0.1) is 23.1 Å². The van der Waals surface area contributed by atoms with E-state index in [4.69, 9.17) is 0 Å². The summed E-state index contributed by atoms with van der Waals surface area (Å²) in [6.07, 6.45) is 1.64. The van der Waals surface area contributed by atoms with Crippen molar-refractivity contribution in [2.45, 2.75) is 17.9 Å². The molecule has 3 nitrogen and oxygen atoms in total. The lowest BCUT2D eigenvalue weighted by molar-refractivity contribution is 0.240. The molecule has 1 N–H and O–H groups in total. The lowest BCUT2D eigenvalue weighted by atomic mass is 10.2. The van der Waals surface area contributed by atoms with Crippen LogP contribution in [0.2, 0.25) is 0 Å². The molecule has 114 valence electrons. The molecule has 0 saturated carbocycles. The summed E-state index contributed by atoms with van der Waals surface area (Å²) in [5.41, 5.74) is 1.16. The number of fused-ring (bicyclic) bond motifs is 2. The highest BCUT2D eigenvalue weighted by atomic mass is 32.2. The van der Waals surface area contributed by atoms with E-state index in [1.807, 2.05) is 6.92 Å². The van der Waals surface area contributed by atoms with Gasteiger partial charge in [0.15, 0.2) is 5.17 Å². The number of aliphatic hydroxyl groups is 1. The highest BCUT2D eigenvalue weighted by Crippen LogP contribution is 2.46. The van der Waals surface area contributed by atoms with Crippen LogP contribution in [0.25, 0.3) is 15.8 Å². The predicted molar refractivity (Wildman–Crippen MR) is 98.8 cm³/mol. The quantitative estimate of drug-likeness (QED) is 0.848. The molecule has 1 aromatic heterocycles. The van der Waals surface area contributed by atoms with E-state index in [1.165, 1.54) is 19.9 Å². The number of thioether (sulfide) groups is 2. The number of amidine groups is 1. The molecule has 0 spiro atoms. The Kier molecular flexibility index (Phi) is 3.72. The minimum absolute atomic E-state index is 0.458. The standard InChI is InChI=1S/C16H16N2OS3/c1-9(19)15-14(18-6-5-17-16(18)22-15)13-8-10-7-11(20-2)3-4-12(10)21-13/h3-4,7-9,19H,5-6H2,1-2H3. The molecule has 4 rings (SSSR count). The van der Waals surface area contributed by atoms with Crippen LogP contribution in [0.1, 0.15) is 11.8 Å². The van der Waals surface area contributed by atoms with Gasteiger partial charge in [0.1, 0.15) is 0 Å². The number of hydrogen-bond acceptors (Lipinski definition) is 6. The van der Waals surface area contributed by atoms with Crippen LogP contribution >= 0.6 is 34.9 Å². The van der Waals surface area contributed by atoms with E-state index in [1.54, 1.807) is 34.9 Å². The molecule has 1 atom stereocenters. The van der Waals surface area contributed by atoms with Crippen LogP contribution < -0.4 is 0 Å². The van der Waals surface area contributed by atoms with E-state index >= 15 is 0 Å². The monoisotopic (exact) mass is 348 g/mol. The van der Waals surface area contributed by atoms with Crippen LogP contribution in [0.3, 0.4) is 0 Å². The number of rotatable bonds is 3. The molecular weight excluding hydrogens is 332 g/mol. The first kappa shape index (κ1) is 14.6. The second kappa shape index (κ2) is 5.60. The maximum atomic E-state index is 10.1. The molecule has 2 aliphatic rings. The van der Waals surface area contributed by atoms with E-state index in [0.29, 0.717) is 0 Å². The zero-order valence-corrected chi connectivity index (χ0v) is 14.8. The molecule has 22 heavy (non-hydrogen) atoms. The Morgan fingerprint density at radius 1 is 1.36 bits per heavy atom. The first-order chi connectivity index (χ1) is 10.7. The molecule has 0 saturated heterocycles. The van der Waals surface area contributed by atoms with Crippen molar-refractivity contribution in [3.63, 3.8) is 0 Å². The Labute approximate surface area is 142 Å². The topological polar surface area (TPSA) is 35.8 Å². The lowest BCUT2D eigenvalue weighted by Crippen LogP contribution is -2.19. The molecule has 0 radical (unpaired) electrons. The fourth-order valence-corrected chi connectivity index (χ4v) is 5.56. The van der Waals surface area contributed by atoms with Gasteiger partial charge < -0.3 is 10.0 Å². The van der Waals surface area contributed by atoms with Crippen molar-refractivity contribution in [2.24, 2.45) is 4.99 Å². The Bertz CT molecular complexity index is 807. The van der Waals surface area contributed by atoms with Gasteiger partial charge in [0.25, 0.3) is 0 Å². The zero-order chi connectivity index (χ0) is 15.3. The van der Waals surface area contributed by atoms with Crippen molar-refractivity contribution >= 4 is 55.8 Å². The third-order valence-electron chi connectivity index (χ3n) is 3.84. The van der Waals surface area contributed by atoms with Gasteiger partial charge in [0.05, 0.1) is 23.2 Å². The van der Waals surface area contributed by atoms with E-state index in [-0.39, 0.29) is 0 Å². The maximum absolute atomic E-state index is 10.1. The minimum atomic E-state index is -0.458. The lowest BCUT2D eigenvalue weighted by Gasteiger charge is -2.16. The number of hydrogen-bond donors (Lipinski definition) is 1. The number of benzene rings is 1. The van der Waals surface area contributed by atoms with Crippen molar-refractivity contribution in [1.82, 2.24) is 4.90 Å². The molecule has 3 heterocycles. The molecule has 6 heteroatoms. The highest BCUT2D eigenvalue weighted by molar-refractivity contribution is 8.17. The summed E-state index contributed by atoms with van der Waals surface area (Å²) >= 11 is 5.18. The summed E-state index contributed by atoms with van der Waals surface area (Å²) in [6.45, 7) is 3.60. The summed E-state index contributed by atoms with van der Waals surface area (Å²) in [7, 11) is 0. The minimum Gasteiger partial charge on any atom is -0.388 e. The molecule has 1 unspecified atom stereocenters. The van der Waals surface area contributed by atoms with Gasteiger partial charge in [-0.1, -0.05) is 11.8 Å². The SMILES string of the molecule is CSc1ccc2sc(C3=C(C(C)O)SC4=NCCN43)cc2c1. The first-order valence-electron chi connectivity index (χ1n) is 7.17. The van der Waals surface area contributed by atoms with Crippen molar-refractivity contribution in [3.05, 3.63) is 34.0 Å². The van der Waals surface area contributed by atoms with Crippen molar-refractivity contribution < 1.29 is 5.11 Å². The van der Waals surface area contributed by atoms with Gasteiger partial charge in [-0.3, -0.25) is 4.99 Å². The molecule has 2 aliphatic heterocycles. The first-order valence-corrected chi connectivity index (χ1v) is 10.0. The van der Waals surface area contributed by atoms with E-state index < -0.39 is 6.10 Å². The summed E-state index contributed by atoms with van der Waals surface area (Å²) in [5, 5.41) is 12.4. The Balaban J connectivity index is 1.85. The van der Waals surface area contributed by atoms with Gasteiger partial charge in [-0.05, 0) is 42.8 Å². The van der Waals surface area contributed by atoms with Crippen LogP contribution in [-0.4, -0.2) is 40.6 Å². The molecule has 2 aromatic rings. The van der Waals surface area contributed by atoms with Gasteiger partial charge in [0, 0.05) is 21.0 Å². The number of nitrogens with zero attached hydrogens (tertiary/aromatic N) is 2. The number of thiophene rings is 1. The summed E-state index contributed by atoms with van der Waals surface area (Å²) in [6, 6.07) is 8.85. The smallest absolute Gasteiger partial charge is 0.168 e. The number of aliphatic imine (C=N–C) groups is 1. The molecule has 0 bridgehead atoms. The molecule has 0 aliphatic carbocycles. The average Bonchev–Trinajstić information content (AvgIpc) is 3.18. The van der Waals surface area contributed by atoms with Gasteiger partial charge in [-0.2, -0.15) is 0 Å². The van der Waals surface area contributed by atoms with Crippen LogP contribution in [0.5, 0.6) is 0 Å². The molecular formula is C16H16N2OS3. The predicted octanol–water partition coefficient (Wildman–Crippen LogP) is 4.09. The third kappa shape index (κ3) is 2.29. The average molecular weight is 349 g/mol. The normalized spacial score (nSPS) is 19.0. The van der Waals surface area contributed by atoms with E-state index in [2.05, 4.69) is 40.4 Å². The Morgan fingerprint density at radius 3 is 3.00 bits per heavy atom. The fraction of sp³-hybridized carbons (Fsp3) is 0.312. The fourth-order valence-electron chi connectivity index (χ4n) is 2.80. The van der Waals surface area contributed by atoms with E-state index in [0.717, 1.165) is 28.9 Å². The van der Waals surface area contributed by atoms with Crippen molar-refractivity contribution in [1.29, 1.82) is 0 Å². The Hall–Kier alpha value is -0.950. The molecule has 0 amide bonds. The summed E-state index contributed by atoms with van der Waals surface area (Å²) in [5.74, 6) is 0. The molecule has 0 fully saturated rings. The second-order valence-electron chi connectivity index (χ2n) is 5.32. The van der Waals surface area contributed by atoms with Crippen LogP contribution in [0.15, 0.2) is 39.1 Å². The zero-order valence-electron chi connectivity index (χ0n) is 12.4. The van der Waals surface area contributed by atoms with Gasteiger partial charge >= 0.3 is 0 Å². The number of aliphatic hydroxyl groups excluding tert-OH is 1. The summed E-state index contributed by atoms with van der Waals surface area (Å²) in [4.78, 5) is 10.3. The van der Waals surface area contributed by atoms with Gasteiger partial charge in [-0.25, -0.2) is 0 Å². The van der Waals surface area contributed by atoms with Crippen molar-refractivity contribution in [3.8, 4) is 0 Å². The van der Waals surface area contributed by atoms with E-state index in [9.17, 15) is 5.11 Å². The Morgan fingerprint density at radius 2 is 2.23 bits per heavy atom. The van der Waals surface area contributed by atoms with Crippen molar-refractivity contribution in [2.75, 3.05) is 19.3 Å². The third-order valence-corrected chi connectivity index (χ3v) is 6.98. The highest BCUT2D eigenvalue weighted by Gasteiger charge is 2.35. The largest absolute Gasteiger partial charge is 0.388 e. The second-order valence-corrected chi connectivity index (χ2v) is 8.29. The molecule has 1 aromatic carbocycles. The van der Waals surface area contributed by atoms with Gasteiger partial charge in [0.2, 0.25) is 0 Å². The van der Waals surface area contributed by atoms with Crippen LogP contribution in [0.4, 0.5) is 0 Å². The van der Waals surface area contributed by atoms with Crippen LogP contribution in [-0.2, 0) is 0 Å². The maximum Gasteiger partial charge on any atom is 0.168 e. The van der Waals surface area contributed by atoms with Crippen LogP contribution in [0, 0.1) is 0 Å².